The number of benzene rings is 11. The highest BCUT2D eigenvalue weighted by Gasteiger charge is 2.38. The van der Waals surface area contributed by atoms with Crippen LogP contribution in [-0.2, 0) is 0 Å². The van der Waals surface area contributed by atoms with E-state index in [-0.39, 0.29) is 11.6 Å². The van der Waals surface area contributed by atoms with E-state index in [1.807, 2.05) is 133 Å². The van der Waals surface area contributed by atoms with E-state index in [4.69, 9.17) is 0 Å². The van der Waals surface area contributed by atoms with Crippen LogP contribution in [-0.4, -0.2) is 8.07 Å². The van der Waals surface area contributed by atoms with E-state index in [2.05, 4.69) is 132 Å². The molecule has 340 valence electrons. The Kier molecular flexibility index (Phi) is 11.1. The fraction of sp³-hybridized carbons (Fsp3) is 0.0303. The maximum absolute atomic E-state index is 17.6. The highest BCUT2D eigenvalue weighted by molar-refractivity contribution is 7.03. The number of halogens is 2. The van der Waals surface area contributed by atoms with Gasteiger partial charge < -0.3 is 9.80 Å². The van der Waals surface area contributed by atoms with E-state index in [0.29, 0.717) is 11.4 Å². The van der Waals surface area contributed by atoms with Gasteiger partial charge in [0.15, 0.2) is 0 Å². The Bertz CT molecular complexity index is 3740. The zero-order chi connectivity index (χ0) is 48.1. The molecule has 5 heteroatoms. The molecule has 0 aromatic heterocycles. The van der Waals surface area contributed by atoms with Gasteiger partial charge in [-0.3, -0.25) is 0 Å². The lowest BCUT2D eigenvalue weighted by Gasteiger charge is -2.37. The zero-order valence-corrected chi connectivity index (χ0v) is 40.4. The van der Waals surface area contributed by atoms with Crippen molar-refractivity contribution in [1.29, 1.82) is 0 Å². The first-order valence-corrected chi connectivity index (χ1v) is 27.1. The quantitative estimate of drug-likeness (QED) is 0.126. The van der Waals surface area contributed by atoms with Crippen LogP contribution >= 0.6 is 0 Å². The lowest BCUT2D eigenvalue weighted by molar-refractivity contribution is 0.629. The molecule has 0 unspecified atom stereocenters. The second-order valence-corrected chi connectivity index (χ2v) is 23.1. The third-order valence-corrected chi connectivity index (χ3v) is 17.7. The molecule has 1 heterocycles. The van der Waals surface area contributed by atoms with Crippen LogP contribution in [0.15, 0.2) is 255 Å². The molecule has 0 aliphatic carbocycles. The topological polar surface area (TPSA) is 6.48 Å². The number of nitrogens with zero attached hydrogens (tertiary/aromatic N) is 2. The normalized spacial score (nSPS) is 12.3. The number of para-hydroxylation sites is 2. The molecule has 11 aromatic rings. The lowest BCUT2D eigenvalue weighted by atomic mass is 9.93. The van der Waals surface area contributed by atoms with Gasteiger partial charge in [0.05, 0.1) is 17.1 Å². The summed E-state index contributed by atoms with van der Waals surface area (Å²) >= 11 is 0. The first-order chi connectivity index (χ1) is 34.8. The van der Waals surface area contributed by atoms with Crippen molar-refractivity contribution in [3.63, 3.8) is 0 Å². The van der Waals surface area contributed by atoms with Crippen molar-refractivity contribution in [2.45, 2.75) is 13.1 Å². The Morgan fingerprint density at radius 2 is 0.746 bits per heavy atom. The van der Waals surface area contributed by atoms with Crippen LogP contribution in [0.2, 0.25) is 13.1 Å². The minimum absolute atomic E-state index is 0.310. The molecule has 1 aliphatic rings. The minimum Gasteiger partial charge on any atom is -0.307 e. The van der Waals surface area contributed by atoms with Crippen LogP contribution in [0.25, 0.3) is 66.4 Å². The SMILES string of the molecule is C[Si]1(C)c2cc(N(c3ccccc3)c3c(F)cc(-c4ccccc4)cc3-c3ccccc3)ccc2-c2ccc(N(c3ccccc3)c3c(F)cc(-c4ccccc4)cc3-c3ccccc3)c3cccc1c23. The van der Waals surface area contributed by atoms with Crippen molar-refractivity contribution in [1.82, 2.24) is 0 Å². The van der Waals surface area contributed by atoms with E-state index in [9.17, 15) is 0 Å². The van der Waals surface area contributed by atoms with E-state index in [1.165, 1.54) is 15.8 Å². The molecule has 0 amide bonds. The maximum Gasteiger partial charge on any atom is 0.148 e. The molecule has 0 N–H and O–H groups in total. The van der Waals surface area contributed by atoms with Gasteiger partial charge in [0.25, 0.3) is 0 Å². The summed E-state index contributed by atoms with van der Waals surface area (Å²) in [6.07, 6.45) is 0. The third-order valence-electron chi connectivity index (χ3n) is 14.1. The second kappa shape index (κ2) is 18.0. The number of anilines is 6. The number of hydrogen-bond acceptors (Lipinski definition) is 2. The Labute approximate surface area is 415 Å². The van der Waals surface area contributed by atoms with Gasteiger partial charge >= 0.3 is 0 Å². The number of rotatable bonds is 10. The van der Waals surface area contributed by atoms with E-state index < -0.39 is 8.07 Å². The molecule has 0 radical (unpaired) electrons. The van der Waals surface area contributed by atoms with Crippen molar-refractivity contribution in [2.24, 2.45) is 0 Å². The summed E-state index contributed by atoms with van der Waals surface area (Å²) in [6.45, 7) is 4.84. The predicted octanol–water partition coefficient (Wildman–Crippen LogP) is 17.5. The van der Waals surface area contributed by atoms with Crippen LogP contribution in [0.4, 0.5) is 42.9 Å². The molecule has 2 nitrogen and oxygen atoms in total. The molecule has 0 bridgehead atoms. The van der Waals surface area contributed by atoms with Gasteiger partial charge in [0.2, 0.25) is 0 Å². The fourth-order valence-electron chi connectivity index (χ4n) is 10.8. The van der Waals surface area contributed by atoms with Crippen molar-refractivity contribution in [3.05, 3.63) is 266 Å². The maximum atomic E-state index is 17.6. The Hall–Kier alpha value is -8.64. The standard InChI is InChI=1S/C66H48F2N2Si/c1-71(2)62-35-21-34-56-61(70(52-32-19-8-20-33-52)66-58(48-28-15-6-16-29-48)41-50(43-60(66)68)46-24-11-4-12-25-46)39-38-55(64(56)62)54-37-36-53(44-63(54)71)69(51-30-17-7-18-31-51)65-57(47-26-13-5-14-27-47)40-49(42-59(65)67)45-22-9-3-10-23-45/h3-44H,1-2H3. The van der Waals surface area contributed by atoms with Crippen LogP contribution in [0, 0.1) is 11.6 Å². The third kappa shape index (κ3) is 7.72. The van der Waals surface area contributed by atoms with Gasteiger partial charge in [0.1, 0.15) is 19.7 Å². The summed E-state index contributed by atoms with van der Waals surface area (Å²) in [7, 11) is -2.53. The van der Waals surface area contributed by atoms with Crippen LogP contribution in [0.1, 0.15) is 0 Å². The molecule has 0 atom stereocenters. The summed E-state index contributed by atoms with van der Waals surface area (Å²) in [4.78, 5) is 4.21. The second-order valence-electron chi connectivity index (χ2n) is 18.7. The molecule has 11 aromatic carbocycles. The molecule has 0 fully saturated rings. The number of fused-ring (bicyclic) bond motifs is 2. The first kappa shape index (κ1) is 43.6. The molecule has 12 rings (SSSR count). The van der Waals surface area contributed by atoms with Crippen molar-refractivity contribution in [3.8, 4) is 55.6 Å². The Morgan fingerprint density at radius 1 is 0.310 bits per heavy atom. The summed E-state index contributed by atoms with van der Waals surface area (Å²) in [5.74, 6) is -0.623. The predicted molar refractivity (Wildman–Crippen MR) is 297 cm³/mol. The first-order valence-electron chi connectivity index (χ1n) is 24.1. The Balaban J connectivity index is 1.05. The van der Waals surface area contributed by atoms with Crippen LogP contribution in [0.5, 0.6) is 0 Å². The van der Waals surface area contributed by atoms with Crippen molar-refractivity contribution >= 4 is 63.3 Å². The van der Waals surface area contributed by atoms with Gasteiger partial charge in [-0.2, -0.15) is 0 Å². The highest BCUT2D eigenvalue weighted by Crippen LogP contribution is 2.50. The summed E-state index contributed by atoms with van der Waals surface area (Å²) in [5.41, 5.74) is 13.7. The summed E-state index contributed by atoms with van der Waals surface area (Å²) in [5, 5.41) is 4.78. The van der Waals surface area contributed by atoms with Crippen LogP contribution in [0.3, 0.4) is 0 Å². The minimum atomic E-state index is -2.53. The lowest BCUT2D eigenvalue weighted by Crippen LogP contribution is -2.56. The summed E-state index contributed by atoms with van der Waals surface area (Å²) in [6, 6.07) is 85.9. The van der Waals surface area contributed by atoms with Gasteiger partial charge in [-0.15, -0.1) is 0 Å². The zero-order valence-electron chi connectivity index (χ0n) is 39.4. The molecule has 0 saturated carbocycles. The average Bonchev–Trinajstić information content (AvgIpc) is 3.43. The van der Waals surface area contributed by atoms with E-state index in [0.717, 1.165) is 83.8 Å². The smallest absolute Gasteiger partial charge is 0.148 e. The van der Waals surface area contributed by atoms with Crippen molar-refractivity contribution < 1.29 is 8.78 Å². The van der Waals surface area contributed by atoms with Gasteiger partial charge in [-0.25, -0.2) is 8.78 Å². The fourth-order valence-corrected chi connectivity index (χ4v) is 13.9. The van der Waals surface area contributed by atoms with E-state index in [1.54, 1.807) is 12.1 Å². The monoisotopic (exact) mass is 934 g/mol. The average molecular weight is 935 g/mol. The van der Waals surface area contributed by atoms with E-state index >= 15 is 8.78 Å². The van der Waals surface area contributed by atoms with Crippen molar-refractivity contribution in [2.75, 3.05) is 9.80 Å². The van der Waals surface area contributed by atoms with Gasteiger partial charge in [-0.1, -0.05) is 201 Å². The highest BCUT2D eigenvalue weighted by atomic mass is 28.3. The summed E-state index contributed by atoms with van der Waals surface area (Å²) < 4.78 is 35.1. The largest absolute Gasteiger partial charge is 0.307 e. The number of hydrogen-bond donors (Lipinski definition) is 0. The van der Waals surface area contributed by atoms with Crippen LogP contribution < -0.4 is 20.2 Å². The molecule has 1 aliphatic heterocycles. The van der Waals surface area contributed by atoms with Gasteiger partial charge in [0, 0.05) is 33.6 Å². The van der Waals surface area contributed by atoms with Gasteiger partial charge in [-0.05, 0) is 127 Å². The molecule has 0 spiro atoms. The molecule has 71 heavy (non-hydrogen) atoms. The molecule has 0 saturated heterocycles. The molecular weight excluding hydrogens is 887 g/mol. The Morgan fingerprint density at radius 3 is 1.25 bits per heavy atom. The molecular formula is C66H48F2N2Si.